The van der Waals surface area contributed by atoms with Crippen LogP contribution in [-0.2, 0) is 9.53 Å². The van der Waals surface area contributed by atoms with E-state index in [1.807, 2.05) is 29.2 Å². The molecule has 2 aliphatic carbocycles. The molecule has 168 valence electrons. The summed E-state index contributed by atoms with van der Waals surface area (Å²) in [4.78, 5) is 29.3. The lowest BCUT2D eigenvalue weighted by Crippen LogP contribution is -2.43. The first-order valence-electron chi connectivity index (χ1n) is 11.9. The molecule has 2 unspecified atom stereocenters. The van der Waals surface area contributed by atoms with E-state index in [4.69, 9.17) is 9.47 Å². The number of nitrogens with zero attached hydrogens (tertiary/aromatic N) is 2. The zero-order chi connectivity index (χ0) is 21.4. The fourth-order valence-corrected chi connectivity index (χ4v) is 6.51. The largest absolute Gasteiger partial charge is 0.490 e. The summed E-state index contributed by atoms with van der Waals surface area (Å²) in [5.41, 5.74) is 0.772. The summed E-state index contributed by atoms with van der Waals surface area (Å²) in [6.45, 7) is 2.47. The molecule has 3 saturated heterocycles. The first-order chi connectivity index (χ1) is 15.1. The zero-order valence-electron chi connectivity index (χ0n) is 18.5. The minimum absolute atomic E-state index is 0.0409. The molecular weight excluding hydrogens is 392 g/mol. The Morgan fingerprint density at radius 2 is 1.58 bits per heavy atom. The molecule has 6 rings (SSSR count). The highest BCUT2D eigenvalue weighted by molar-refractivity contribution is 5.94. The Bertz CT molecular complexity index is 788. The number of methoxy groups -OCH3 is 1. The van der Waals surface area contributed by atoms with Gasteiger partial charge in [-0.25, -0.2) is 0 Å². The quantitative estimate of drug-likeness (QED) is 0.725. The Labute approximate surface area is 184 Å². The normalized spacial score (nSPS) is 30.4. The Hall–Kier alpha value is -2.08. The van der Waals surface area contributed by atoms with E-state index < -0.39 is 0 Å². The van der Waals surface area contributed by atoms with Gasteiger partial charge in [-0.1, -0.05) is 0 Å². The SMILES string of the molecule is COCC(=O)N1CCC(Oc2ccc(C(=O)N3CC4C[C@@H]5CC3C[C@H](C4)C5)cc2)CC1. The van der Waals surface area contributed by atoms with E-state index in [0.29, 0.717) is 25.0 Å². The lowest BCUT2D eigenvalue weighted by Gasteiger charge is -2.39. The second-order valence-corrected chi connectivity index (χ2v) is 10.0. The first kappa shape index (κ1) is 20.8. The third-order valence-electron chi connectivity index (χ3n) is 7.83. The number of benzene rings is 1. The van der Waals surface area contributed by atoms with Crippen molar-refractivity contribution in [3.05, 3.63) is 29.8 Å². The zero-order valence-corrected chi connectivity index (χ0v) is 18.5. The van der Waals surface area contributed by atoms with Crippen LogP contribution in [0.3, 0.4) is 0 Å². The summed E-state index contributed by atoms with van der Waals surface area (Å²) >= 11 is 0. The summed E-state index contributed by atoms with van der Waals surface area (Å²) in [6.07, 6.45) is 8.16. The summed E-state index contributed by atoms with van der Waals surface area (Å²) in [5, 5.41) is 0. The average Bonchev–Trinajstić information content (AvgIpc) is 2.97. The number of rotatable bonds is 5. The molecule has 6 nitrogen and oxygen atoms in total. The number of piperidine rings is 1. The molecule has 0 spiro atoms. The predicted octanol–water partition coefficient (Wildman–Crippen LogP) is 3.35. The van der Waals surface area contributed by atoms with Gasteiger partial charge < -0.3 is 19.3 Å². The molecule has 5 fully saturated rings. The Morgan fingerprint density at radius 3 is 2.23 bits per heavy atom. The van der Waals surface area contributed by atoms with E-state index in [-0.39, 0.29) is 24.5 Å². The Kier molecular flexibility index (Phi) is 5.91. The van der Waals surface area contributed by atoms with E-state index in [1.165, 1.54) is 32.1 Å². The van der Waals surface area contributed by atoms with Crippen molar-refractivity contribution in [3.63, 3.8) is 0 Å². The molecule has 3 aliphatic heterocycles. The molecule has 31 heavy (non-hydrogen) atoms. The van der Waals surface area contributed by atoms with Gasteiger partial charge in [-0.05, 0) is 74.1 Å². The van der Waals surface area contributed by atoms with Gasteiger partial charge in [0.25, 0.3) is 5.91 Å². The van der Waals surface area contributed by atoms with Crippen molar-refractivity contribution in [2.45, 2.75) is 57.1 Å². The van der Waals surface area contributed by atoms with Crippen LogP contribution < -0.4 is 4.74 Å². The lowest BCUT2D eigenvalue weighted by molar-refractivity contribution is -0.136. The topological polar surface area (TPSA) is 59.1 Å². The maximum absolute atomic E-state index is 13.3. The van der Waals surface area contributed by atoms with E-state index in [0.717, 1.165) is 42.5 Å². The van der Waals surface area contributed by atoms with Crippen LogP contribution in [0, 0.1) is 17.8 Å². The van der Waals surface area contributed by atoms with Crippen LogP contribution in [0.25, 0.3) is 0 Å². The number of fused-ring (bicyclic) bond motifs is 1. The third kappa shape index (κ3) is 4.45. The Morgan fingerprint density at radius 1 is 0.935 bits per heavy atom. The molecule has 3 heterocycles. The molecule has 1 aromatic rings. The van der Waals surface area contributed by atoms with Crippen molar-refractivity contribution in [2.75, 3.05) is 33.4 Å². The van der Waals surface area contributed by atoms with E-state index in [1.54, 1.807) is 7.11 Å². The molecule has 0 aromatic heterocycles. The average molecular weight is 427 g/mol. The van der Waals surface area contributed by atoms with Gasteiger partial charge in [0.1, 0.15) is 18.5 Å². The molecule has 4 atom stereocenters. The molecule has 0 radical (unpaired) electrons. The van der Waals surface area contributed by atoms with Gasteiger partial charge in [-0.15, -0.1) is 0 Å². The number of carbonyl (C=O) groups excluding carboxylic acids is 2. The van der Waals surface area contributed by atoms with E-state index in [9.17, 15) is 9.59 Å². The number of amides is 2. The minimum atomic E-state index is 0.0409. The summed E-state index contributed by atoms with van der Waals surface area (Å²) in [6, 6.07) is 8.13. The van der Waals surface area contributed by atoms with Gasteiger partial charge in [0.15, 0.2) is 0 Å². The number of likely N-dealkylation sites (tertiary alicyclic amines) is 1. The summed E-state index contributed by atoms with van der Waals surface area (Å²) in [5.74, 6) is 3.41. The van der Waals surface area contributed by atoms with Gasteiger partial charge >= 0.3 is 0 Å². The van der Waals surface area contributed by atoms with Crippen LogP contribution in [-0.4, -0.2) is 67.1 Å². The molecule has 0 N–H and O–H groups in total. The lowest BCUT2D eigenvalue weighted by atomic mass is 9.68. The van der Waals surface area contributed by atoms with E-state index in [2.05, 4.69) is 4.90 Å². The molecule has 5 aliphatic rings. The van der Waals surface area contributed by atoms with Gasteiger partial charge in [0.05, 0.1) is 0 Å². The number of hydrogen-bond acceptors (Lipinski definition) is 4. The maximum atomic E-state index is 13.3. The summed E-state index contributed by atoms with van der Waals surface area (Å²) in [7, 11) is 1.55. The number of carbonyl (C=O) groups is 2. The fourth-order valence-electron chi connectivity index (χ4n) is 6.51. The predicted molar refractivity (Wildman–Crippen MR) is 117 cm³/mol. The monoisotopic (exact) mass is 426 g/mol. The smallest absolute Gasteiger partial charge is 0.254 e. The van der Waals surface area contributed by atoms with Gasteiger partial charge in [0.2, 0.25) is 5.91 Å². The highest BCUT2D eigenvalue weighted by Crippen LogP contribution is 2.47. The second kappa shape index (κ2) is 8.81. The van der Waals surface area contributed by atoms with Crippen molar-refractivity contribution >= 4 is 11.8 Å². The molecule has 1 aromatic carbocycles. The minimum Gasteiger partial charge on any atom is -0.490 e. The van der Waals surface area contributed by atoms with Crippen LogP contribution >= 0.6 is 0 Å². The number of ether oxygens (including phenoxy) is 2. The first-order valence-corrected chi connectivity index (χ1v) is 11.9. The van der Waals surface area contributed by atoms with Crippen LogP contribution in [0.5, 0.6) is 5.75 Å². The van der Waals surface area contributed by atoms with Crippen LogP contribution in [0.2, 0.25) is 0 Å². The van der Waals surface area contributed by atoms with Crippen molar-refractivity contribution in [1.29, 1.82) is 0 Å². The van der Waals surface area contributed by atoms with Crippen LogP contribution in [0.1, 0.15) is 55.3 Å². The van der Waals surface area contributed by atoms with Crippen LogP contribution in [0.15, 0.2) is 24.3 Å². The van der Waals surface area contributed by atoms with Crippen LogP contribution in [0.4, 0.5) is 0 Å². The number of hydrogen-bond donors (Lipinski definition) is 0. The maximum Gasteiger partial charge on any atom is 0.254 e. The van der Waals surface area contributed by atoms with Crippen molar-refractivity contribution in [2.24, 2.45) is 17.8 Å². The van der Waals surface area contributed by atoms with Gasteiger partial charge in [-0.2, -0.15) is 0 Å². The molecule has 2 amide bonds. The van der Waals surface area contributed by atoms with Gasteiger partial charge in [0, 0.05) is 51.2 Å². The standard InChI is InChI=1S/C25H34N2O4/c1-30-16-24(28)26-8-6-23(7-9-26)31-22-4-2-20(3-5-22)25(29)27-15-19-11-17-10-18(12-19)14-21(27)13-17/h2-5,17-19,21,23H,6-16H2,1H3/t17-,18+,19?,21?. The van der Waals surface area contributed by atoms with E-state index >= 15 is 0 Å². The van der Waals surface area contributed by atoms with Gasteiger partial charge in [-0.3, -0.25) is 9.59 Å². The van der Waals surface area contributed by atoms with Crippen molar-refractivity contribution in [3.8, 4) is 5.75 Å². The molecule has 6 heteroatoms. The highest BCUT2D eigenvalue weighted by atomic mass is 16.5. The second-order valence-electron chi connectivity index (χ2n) is 10.0. The molecular formula is C25H34N2O4. The molecule has 4 bridgehead atoms. The highest BCUT2D eigenvalue weighted by Gasteiger charge is 2.44. The third-order valence-corrected chi connectivity index (χ3v) is 7.83. The summed E-state index contributed by atoms with van der Waals surface area (Å²) < 4.78 is 11.1. The fraction of sp³-hybridized carbons (Fsp3) is 0.680. The Balaban J connectivity index is 1.17. The molecule has 2 saturated carbocycles. The van der Waals surface area contributed by atoms with Crippen molar-refractivity contribution in [1.82, 2.24) is 9.80 Å². The van der Waals surface area contributed by atoms with Crippen molar-refractivity contribution < 1.29 is 19.1 Å².